The Morgan fingerprint density at radius 3 is 1.37 bits per heavy atom. The van der Waals surface area contributed by atoms with E-state index in [2.05, 4.69) is 0 Å². The summed E-state index contributed by atoms with van der Waals surface area (Å²) in [5.74, 6) is -1.00. The summed E-state index contributed by atoms with van der Waals surface area (Å²) in [5, 5.41) is 0.754. The Morgan fingerprint density at radius 1 is 0.667 bits per heavy atom. The molecule has 0 saturated carbocycles. The van der Waals surface area contributed by atoms with Crippen LogP contribution in [-0.4, -0.2) is 11.9 Å². The van der Waals surface area contributed by atoms with Crippen molar-refractivity contribution in [3.63, 3.8) is 0 Å². The van der Waals surface area contributed by atoms with E-state index in [-0.39, 0.29) is 13.2 Å². The molecule has 3 aromatic rings. The van der Waals surface area contributed by atoms with Gasteiger partial charge in [0.15, 0.2) is 0 Å². The smallest absolute Gasteiger partial charge is 0.338 e. The molecule has 3 aromatic carbocycles. The third-order valence-electron chi connectivity index (χ3n) is 4.23. The van der Waals surface area contributed by atoms with Crippen molar-refractivity contribution in [2.75, 3.05) is 11.5 Å². The van der Waals surface area contributed by atoms with Gasteiger partial charge in [0.05, 0.1) is 32.5 Å². The second-order valence-corrected chi connectivity index (χ2v) is 7.26. The summed E-state index contributed by atoms with van der Waals surface area (Å²) >= 11 is 11.7. The number of anilines is 2. The third kappa shape index (κ3) is 5.43. The van der Waals surface area contributed by atoms with E-state index in [0.29, 0.717) is 32.5 Å². The number of nitrogen functional groups attached to an aromatic ring is 2. The van der Waals surface area contributed by atoms with Gasteiger partial charge >= 0.3 is 11.9 Å². The molecule has 154 valence electrons. The predicted molar refractivity (Wildman–Crippen MR) is 116 cm³/mol. The topological polar surface area (TPSA) is 105 Å². The van der Waals surface area contributed by atoms with E-state index in [1.54, 1.807) is 48.5 Å². The molecule has 3 rings (SSSR count). The van der Waals surface area contributed by atoms with E-state index in [4.69, 9.17) is 44.1 Å². The average Bonchev–Trinajstić information content (AvgIpc) is 2.74. The Bertz CT molecular complexity index is 998. The van der Waals surface area contributed by atoms with Crippen LogP contribution in [0.25, 0.3) is 0 Å². The van der Waals surface area contributed by atoms with Crippen LogP contribution in [0, 0.1) is 0 Å². The van der Waals surface area contributed by atoms with Gasteiger partial charge in [-0.05, 0) is 47.5 Å². The van der Waals surface area contributed by atoms with Crippen molar-refractivity contribution in [1.82, 2.24) is 0 Å². The molecule has 0 aliphatic heterocycles. The Labute approximate surface area is 183 Å². The predicted octanol–water partition coefficient (Wildman–Crippen LogP) is 4.87. The molecule has 0 atom stereocenters. The van der Waals surface area contributed by atoms with Crippen molar-refractivity contribution in [3.8, 4) is 0 Å². The summed E-state index contributed by atoms with van der Waals surface area (Å²) in [6, 6.07) is 16.3. The van der Waals surface area contributed by atoms with Gasteiger partial charge in [0.1, 0.15) is 13.2 Å². The van der Waals surface area contributed by atoms with E-state index in [1.807, 2.05) is 0 Å². The molecule has 4 N–H and O–H groups in total. The standard InChI is InChI=1S/C22H18Cl2N2O4/c23-17-7-5-15(9-19(17)25)21(27)29-11-13-1-2-14(4-3-13)12-30-22(28)16-6-8-18(24)20(26)10-16/h1-10H,11-12,25-26H2. The third-order valence-corrected chi connectivity index (χ3v) is 4.91. The van der Waals surface area contributed by atoms with Crippen LogP contribution < -0.4 is 11.5 Å². The fourth-order valence-electron chi connectivity index (χ4n) is 2.54. The Morgan fingerprint density at radius 2 is 1.03 bits per heavy atom. The zero-order valence-corrected chi connectivity index (χ0v) is 17.2. The molecular weight excluding hydrogens is 427 g/mol. The maximum absolute atomic E-state index is 12.1. The van der Waals surface area contributed by atoms with Crippen molar-refractivity contribution in [2.24, 2.45) is 0 Å². The number of carbonyl (C=O) groups excluding carboxylic acids is 2. The molecule has 0 heterocycles. The highest BCUT2D eigenvalue weighted by Gasteiger charge is 2.11. The molecule has 0 aliphatic carbocycles. The lowest BCUT2D eigenvalue weighted by Gasteiger charge is -2.08. The lowest BCUT2D eigenvalue weighted by Crippen LogP contribution is -2.07. The number of carbonyl (C=O) groups is 2. The largest absolute Gasteiger partial charge is 0.457 e. The van der Waals surface area contributed by atoms with Gasteiger partial charge in [-0.25, -0.2) is 9.59 Å². The molecule has 0 amide bonds. The van der Waals surface area contributed by atoms with Crippen LogP contribution in [0.15, 0.2) is 60.7 Å². The van der Waals surface area contributed by atoms with Crippen LogP contribution in [0.3, 0.4) is 0 Å². The first-order valence-electron chi connectivity index (χ1n) is 8.85. The van der Waals surface area contributed by atoms with Crippen molar-refractivity contribution in [2.45, 2.75) is 13.2 Å². The lowest BCUT2D eigenvalue weighted by atomic mass is 10.1. The van der Waals surface area contributed by atoms with E-state index in [1.165, 1.54) is 12.1 Å². The highest BCUT2D eigenvalue weighted by atomic mass is 35.5. The molecule has 30 heavy (non-hydrogen) atoms. The zero-order valence-electron chi connectivity index (χ0n) is 15.7. The first-order chi connectivity index (χ1) is 14.3. The number of esters is 2. The van der Waals surface area contributed by atoms with Crippen molar-refractivity contribution < 1.29 is 19.1 Å². The van der Waals surface area contributed by atoms with Crippen LogP contribution in [0.5, 0.6) is 0 Å². The van der Waals surface area contributed by atoms with Crippen molar-refractivity contribution >= 4 is 46.5 Å². The van der Waals surface area contributed by atoms with Crippen LogP contribution in [0.1, 0.15) is 31.8 Å². The summed E-state index contributed by atoms with van der Waals surface area (Å²) < 4.78 is 10.6. The maximum Gasteiger partial charge on any atom is 0.338 e. The second kappa shape index (κ2) is 9.52. The molecule has 0 radical (unpaired) electrons. The minimum absolute atomic E-state index is 0.0888. The first-order valence-corrected chi connectivity index (χ1v) is 9.61. The molecule has 0 spiro atoms. The normalized spacial score (nSPS) is 10.5. The molecular formula is C22H18Cl2N2O4. The van der Waals surface area contributed by atoms with Crippen LogP contribution in [0.2, 0.25) is 10.0 Å². The SMILES string of the molecule is Nc1cc(C(=O)OCc2ccc(COC(=O)c3ccc(Cl)c(N)c3)cc2)ccc1Cl. The van der Waals surface area contributed by atoms with Gasteiger partial charge in [0.25, 0.3) is 0 Å². The average molecular weight is 445 g/mol. The lowest BCUT2D eigenvalue weighted by molar-refractivity contribution is 0.0460. The highest BCUT2D eigenvalue weighted by molar-refractivity contribution is 6.33. The molecule has 6 nitrogen and oxygen atoms in total. The molecule has 0 saturated heterocycles. The second-order valence-electron chi connectivity index (χ2n) is 6.44. The molecule has 0 fully saturated rings. The van der Waals surface area contributed by atoms with Crippen molar-refractivity contribution in [3.05, 3.63) is 93.0 Å². The number of hydrogen-bond donors (Lipinski definition) is 2. The summed E-state index contributed by atoms with van der Waals surface area (Å²) in [6.07, 6.45) is 0. The van der Waals surface area contributed by atoms with Crippen LogP contribution in [-0.2, 0) is 22.7 Å². The number of benzene rings is 3. The zero-order chi connectivity index (χ0) is 21.7. The fraction of sp³-hybridized carbons (Fsp3) is 0.0909. The summed E-state index contributed by atoms with van der Waals surface area (Å²) in [6.45, 7) is 0.178. The number of halogens is 2. The number of hydrogen-bond acceptors (Lipinski definition) is 6. The quantitative estimate of drug-likeness (QED) is 0.414. The Balaban J connectivity index is 1.52. The molecule has 0 bridgehead atoms. The monoisotopic (exact) mass is 444 g/mol. The van der Waals surface area contributed by atoms with Gasteiger partial charge in [-0.2, -0.15) is 0 Å². The van der Waals surface area contributed by atoms with Gasteiger partial charge in [-0.15, -0.1) is 0 Å². The van der Waals surface area contributed by atoms with Crippen LogP contribution in [0.4, 0.5) is 11.4 Å². The highest BCUT2D eigenvalue weighted by Crippen LogP contribution is 2.21. The Hall–Kier alpha value is -3.22. The van der Waals surface area contributed by atoms with E-state index < -0.39 is 11.9 Å². The Kier molecular flexibility index (Phi) is 6.82. The molecule has 0 unspecified atom stereocenters. The molecule has 8 heteroatoms. The van der Waals surface area contributed by atoms with Gasteiger partial charge < -0.3 is 20.9 Å². The molecule has 0 aliphatic rings. The van der Waals surface area contributed by atoms with Gasteiger partial charge in [0, 0.05) is 0 Å². The number of nitrogens with two attached hydrogens (primary N) is 2. The van der Waals surface area contributed by atoms with E-state index in [0.717, 1.165) is 11.1 Å². The summed E-state index contributed by atoms with van der Waals surface area (Å²) in [4.78, 5) is 24.2. The van der Waals surface area contributed by atoms with Gasteiger partial charge in [0.2, 0.25) is 0 Å². The summed E-state index contributed by atoms with van der Waals surface area (Å²) in [7, 11) is 0. The fourth-order valence-corrected chi connectivity index (χ4v) is 2.77. The maximum atomic E-state index is 12.1. The minimum Gasteiger partial charge on any atom is -0.457 e. The van der Waals surface area contributed by atoms with Crippen molar-refractivity contribution in [1.29, 1.82) is 0 Å². The minimum atomic E-state index is -0.501. The van der Waals surface area contributed by atoms with E-state index >= 15 is 0 Å². The number of rotatable bonds is 6. The van der Waals surface area contributed by atoms with E-state index in [9.17, 15) is 9.59 Å². The van der Waals surface area contributed by atoms with Gasteiger partial charge in [-0.3, -0.25) is 0 Å². The summed E-state index contributed by atoms with van der Waals surface area (Å²) in [5.41, 5.74) is 14.2. The first kappa shape index (κ1) is 21.5. The van der Waals surface area contributed by atoms with Crippen LogP contribution >= 0.6 is 23.2 Å². The number of ether oxygens (including phenoxy) is 2. The van der Waals surface area contributed by atoms with Gasteiger partial charge in [-0.1, -0.05) is 47.5 Å². The molecule has 0 aromatic heterocycles.